The third-order valence-corrected chi connectivity index (χ3v) is 6.59. The van der Waals surface area contributed by atoms with Gasteiger partial charge in [0.15, 0.2) is 0 Å². The summed E-state index contributed by atoms with van der Waals surface area (Å²) >= 11 is 0. The van der Waals surface area contributed by atoms with E-state index in [1.165, 1.54) is 37.0 Å². The summed E-state index contributed by atoms with van der Waals surface area (Å²) in [5.41, 5.74) is 1.64. The Morgan fingerprint density at radius 3 is 2.30 bits per heavy atom. The Hall–Kier alpha value is -3.35. The van der Waals surface area contributed by atoms with Crippen molar-refractivity contribution in [2.75, 3.05) is 6.61 Å². The molecule has 6 heteroatoms. The summed E-state index contributed by atoms with van der Waals surface area (Å²) in [6, 6.07) is 13.4. The van der Waals surface area contributed by atoms with Gasteiger partial charge in [-0.15, -0.1) is 0 Å². The van der Waals surface area contributed by atoms with Crippen molar-refractivity contribution in [2.24, 2.45) is 0 Å². The first kappa shape index (κ1) is 26.7. The molecule has 0 aliphatic carbocycles. The zero-order valence-electron chi connectivity index (χ0n) is 20.5. The fourth-order valence-corrected chi connectivity index (χ4v) is 4.56. The Labute approximate surface area is 214 Å². The highest BCUT2D eigenvalue weighted by atomic mass is 19.4. The van der Waals surface area contributed by atoms with E-state index >= 15 is 0 Å². The van der Waals surface area contributed by atoms with Crippen LogP contribution in [0.5, 0.6) is 0 Å². The highest BCUT2D eigenvalue weighted by Gasteiger charge is 2.24. The van der Waals surface area contributed by atoms with Gasteiger partial charge < -0.3 is 4.74 Å². The van der Waals surface area contributed by atoms with Gasteiger partial charge in [-0.25, -0.2) is 8.78 Å². The molecule has 0 aromatic heterocycles. The highest BCUT2D eigenvalue weighted by Crippen LogP contribution is 2.30. The molecule has 4 rings (SSSR count). The van der Waals surface area contributed by atoms with Gasteiger partial charge >= 0.3 is 6.18 Å². The Morgan fingerprint density at radius 1 is 0.892 bits per heavy atom. The molecule has 1 fully saturated rings. The zero-order valence-corrected chi connectivity index (χ0v) is 20.5. The molecule has 1 aliphatic heterocycles. The van der Waals surface area contributed by atoms with Crippen molar-refractivity contribution in [1.29, 1.82) is 0 Å². The first-order valence-corrected chi connectivity index (χ1v) is 12.5. The maximum atomic E-state index is 14.6. The minimum absolute atomic E-state index is 0.0231. The maximum Gasteiger partial charge on any atom is 0.458 e. The highest BCUT2D eigenvalue weighted by molar-refractivity contribution is 5.86. The molecule has 3 aromatic rings. The minimum Gasteiger partial charge on any atom is -0.378 e. The number of rotatable bonds is 5. The van der Waals surface area contributed by atoms with Crippen LogP contribution in [0.15, 0.2) is 48.5 Å². The van der Waals surface area contributed by atoms with E-state index in [0.717, 1.165) is 43.4 Å². The molecule has 192 valence electrons. The summed E-state index contributed by atoms with van der Waals surface area (Å²) in [6.45, 7) is 2.93. The molecule has 1 nitrogen and oxygen atoms in total. The maximum absolute atomic E-state index is 14.6. The second-order valence-electron chi connectivity index (χ2n) is 9.33. The van der Waals surface area contributed by atoms with Gasteiger partial charge in [-0.05, 0) is 60.5 Å². The van der Waals surface area contributed by atoms with Crippen LogP contribution >= 0.6 is 0 Å². The molecule has 0 saturated carbocycles. The van der Waals surface area contributed by atoms with Crippen LogP contribution in [-0.2, 0) is 4.74 Å². The Morgan fingerprint density at radius 2 is 1.62 bits per heavy atom. The molecule has 2 unspecified atom stereocenters. The van der Waals surface area contributed by atoms with Gasteiger partial charge in [0.1, 0.15) is 11.6 Å². The number of halogens is 5. The van der Waals surface area contributed by atoms with E-state index in [0.29, 0.717) is 17.6 Å². The molecule has 0 radical (unpaired) electrons. The Kier molecular flexibility index (Phi) is 8.52. The number of unbranched alkanes of at least 4 members (excludes halogenated alkanes) is 2. The number of fused-ring (bicyclic) bond motifs is 1. The van der Waals surface area contributed by atoms with Crippen molar-refractivity contribution >= 4 is 10.8 Å². The lowest BCUT2D eigenvalue weighted by Gasteiger charge is -2.29. The van der Waals surface area contributed by atoms with Crippen LogP contribution < -0.4 is 0 Å². The summed E-state index contributed by atoms with van der Waals surface area (Å²) in [7, 11) is 0. The average Bonchev–Trinajstić information content (AvgIpc) is 2.87. The number of hydrogen-bond donors (Lipinski definition) is 0. The lowest BCUT2D eigenvalue weighted by atomic mass is 9.89. The normalized spacial score (nSPS) is 17.6. The number of ether oxygens (including phenoxy) is 1. The average molecular weight is 511 g/mol. The fraction of sp³-hybridized carbons (Fsp3) is 0.355. The zero-order chi connectivity index (χ0) is 26.4. The molecule has 0 N–H and O–H groups in total. The summed E-state index contributed by atoms with van der Waals surface area (Å²) in [6.07, 6.45) is 2.54. The summed E-state index contributed by atoms with van der Waals surface area (Å²) in [5, 5.41) is 0.171. The predicted molar refractivity (Wildman–Crippen MR) is 135 cm³/mol. The molecule has 1 heterocycles. The molecular formula is C31H27F5O. The Bertz CT molecular complexity index is 1360. The number of hydrogen-bond acceptors (Lipinski definition) is 1. The second kappa shape index (κ2) is 11.8. The van der Waals surface area contributed by atoms with Crippen molar-refractivity contribution in [2.45, 2.75) is 63.6 Å². The van der Waals surface area contributed by atoms with Crippen molar-refractivity contribution in [3.8, 4) is 23.7 Å². The van der Waals surface area contributed by atoms with Crippen molar-refractivity contribution in [1.82, 2.24) is 0 Å². The number of alkyl halides is 3. The van der Waals surface area contributed by atoms with Gasteiger partial charge in [-0.1, -0.05) is 62.1 Å². The predicted octanol–water partition coefficient (Wildman–Crippen LogP) is 8.27. The fourth-order valence-electron chi connectivity index (χ4n) is 4.56. The largest absolute Gasteiger partial charge is 0.458 e. The van der Waals surface area contributed by atoms with Gasteiger partial charge in [-0.2, -0.15) is 13.2 Å². The molecule has 0 amide bonds. The van der Waals surface area contributed by atoms with Gasteiger partial charge in [0.2, 0.25) is 0 Å². The van der Waals surface area contributed by atoms with Crippen LogP contribution in [0.2, 0.25) is 0 Å². The first-order valence-electron chi connectivity index (χ1n) is 12.5. The third kappa shape index (κ3) is 7.12. The third-order valence-electron chi connectivity index (χ3n) is 6.59. The standard InChI is InChI=1S/C31H27F5O/c1-2-3-4-5-26-14-13-24(20-37-26)23-11-8-21(9-12-23)6-7-22-10-15-27-25(18-22)19-29(32)28(30(27)33)16-17-31(34,35)36/h8-12,15,18-19,24,26H,2-5,13-14,20H2,1H3. The molecule has 0 bridgehead atoms. The second-order valence-corrected chi connectivity index (χ2v) is 9.33. The topological polar surface area (TPSA) is 9.23 Å². The van der Waals surface area contributed by atoms with Crippen LogP contribution in [0.1, 0.15) is 73.6 Å². The van der Waals surface area contributed by atoms with Gasteiger partial charge in [0.25, 0.3) is 0 Å². The monoisotopic (exact) mass is 510 g/mol. The molecular weight excluding hydrogens is 483 g/mol. The molecule has 3 aromatic carbocycles. The quantitative estimate of drug-likeness (QED) is 0.191. The summed E-state index contributed by atoms with van der Waals surface area (Å²) in [4.78, 5) is 0. The van der Waals surface area contributed by atoms with Gasteiger partial charge in [0.05, 0.1) is 18.3 Å². The van der Waals surface area contributed by atoms with E-state index in [-0.39, 0.29) is 10.8 Å². The molecule has 37 heavy (non-hydrogen) atoms. The van der Waals surface area contributed by atoms with E-state index < -0.39 is 23.4 Å². The van der Waals surface area contributed by atoms with Crippen molar-refractivity contribution in [3.05, 3.63) is 82.4 Å². The van der Waals surface area contributed by atoms with E-state index in [4.69, 9.17) is 4.74 Å². The Balaban J connectivity index is 1.44. The van der Waals surface area contributed by atoms with Crippen molar-refractivity contribution in [3.63, 3.8) is 0 Å². The smallest absolute Gasteiger partial charge is 0.378 e. The summed E-state index contributed by atoms with van der Waals surface area (Å²) < 4.78 is 72.0. The number of benzene rings is 3. The van der Waals surface area contributed by atoms with Crippen molar-refractivity contribution < 1.29 is 26.7 Å². The first-order chi connectivity index (χ1) is 17.7. The van der Waals surface area contributed by atoms with E-state index in [1.54, 1.807) is 12.0 Å². The molecule has 1 aliphatic rings. The van der Waals surface area contributed by atoms with Crippen LogP contribution in [0.4, 0.5) is 22.0 Å². The van der Waals surface area contributed by atoms with Crippen LogP contribution in [0, 0.1) is 35.3 Å². The van der Waals surface area contributed by atoms with Crippen LogP contribution in [-0.4, -0.2) is 18.9 Å². The molecule has 0 spiro atoms. The molecule has 1 saturated heterocycles. The SMILES string of the molecule is CCCCCC1CCC(c2ccc(C#Cc3ccc4c(F)c(C#CC(F)(F)F)c(F)cc4c3)cc2)CO1. The van der Waals surface area contributed by atoms with Gasteiger partial charge in [-0.3, -0.25) is 0 Å². The van der Waals surface area contributed by atoms with E-state index in [9.17, 15) is 22.0 Å². The van der Waals surface area contributed by atoms with Gasteiger partial charge in [0, 0.05) is 28.4 Å². The van der Waals surface area contributed by atoms with Crippen LogP contribution in [0.25, 0.3) is 10.8 Å². The van der Waals surface area contributed by atoms with E-state index in [2.05, 4.69) is 30.9 Å². The lowest BCUT2D eigenvalue weighted by molar-refractivity contribution is -0.0696. The lowest BCUT2D eigenvalue weighted by Crippen LogP contribution is -2.24. The minimum atomic E-state index is -4.84. The van der Waals surface area contributed by atoms with E-state index in [1.807, 2.05) is 12.1 Å². The molecule has 2 atom stereocenters. The summed E-state index contributed by atoms with van der Waals surface area (Å²) in [5.74, 6) is 6.60. The van der Waals surface area contributed by atoms with Crippen LogP contribution in [0.3, 0.4) is 0 Å².